The van der Waals surface area contributed by atoms with Crippen LogP contribution in [-0.2, 0) is 6.18 Å². The molecule has 1 heterocycles. The van der Waals surface area contributed by atoms with Gasteiger partial charge in [0.1, 0.15) is 0 Å². The number of fused-ring (bicyclic) bond motifs is 1. The number of halogens is 3. The molecule has 0 aliphatic heterocycles. The third kappa shape index (κ3) is 3.22. The molecule has 1 aromatic heterocycles. The van der Waals surface area contributed by atoms with Gasteiger partial charge in [0.05, 0.1) is 11.1 Å². The average Bonchev–Trinajstić information content (AvgIpc) is 2.55. The van der Waals surface area contributed by atoms with Gasteiger partial charge in [-0.3, -0.25) is 9.78 Å². The molecule has 0 aliphatic rings. The topological polar surface area (TPSA) is 42.0 Å². The van der Waals surface area contributed by atoms with Crippen LogP contribution in [0.25, 0.3) is 10.9 Å². The second-order valence-electron chi connectivity index (χ2n) is 5.39. The predicted molar refractivity (Wildman–Crippen MR) is 85.9 cm³/mol. The van der Waals surface area contributed by atoms with E-state index in [0.717, 1.165) is 17.5 Å². The summed E-state index contributed by atoms with van der Waals surface area (Å²) in [6, 6.07) is 11.9. The normalized spacial score (nSPS) is 11.5. The molecule has 0 atom stereocenters. The molecule has 3 aromatic rings. The molecule has 1 N–H and O–H groups in total. The smallest absolute Gasteiger partial charge is 0.322 e. The Bertz CT molecular complexity index is 920. The van der Waals surface area contributed by atoms with Crippen molar-refractivity contribution >= 4 is 22.5 Å². The molecular formula is C18H13F3N2O. The second kappa shape index (κ2) is 5.96. The zero-order valence-electron chi connectivity index (χ0n) is 12.7. The molecule has 0 spiro atoms. The van der Waals surface area contributed by atoms with E-state index in [1.807, 2.05) is 6.07 Å². The van der Waals surface area contributed by atoms with Crippen LogP contribution in [0.5, 0.6) is 0 Å². The van der Waals surface area contributed by atoms with Crippen molar-refractivity contribution in [1.82, 2.24) is 4.98 Å². The number of carbonyl (C=O) groups is 1. The number of amides is 1. The molecule has 3 rings (SSSR count). The van der Waals surface area contributed by atoms with E-state index in [0.29, 0.717) is 16.6 Å². The van der Waals surface area contributed by atoms with Crippen molar-refractivity contribution < 1.29 is 18.0 Å². The van der Waals surface area contributed by atoms with E-state index in [-0.39, 0.29) is 5.69 Å². The summed E-state index contributed by atoms with van der Waals surface area (Å²) in [5.41, 5.74) is 0.860. The zero-order chi connectivity index (χ0) is 17.3. The van der Waals surface area contributed by atoms with Gasteiger partial charge in [0.2, 0.25) is 0 Å². The number of alkyl halides is 3. The fraction of sp³-hybridized carbons (Fsp3) is 0.111. The van der Waals surface area contributed by atoms with Crippen LogP contribution in [0.1, 0.15) is 21.5 Å². The molecule has 2 aromatic carbocycles. The summed E-state index contributed by atoms with van der Waals surface area (Å²) >= 11 is 0. The summed E-state index contributed by atoms with van der Waals surface area (Å²) in [6.07, 6.45) is -2.85. The molecule has 0 fully saturated rings. The van der Waals surface area contributed by atoms with Gasteiger partial charge in [-0.25, -0.2) is 0 Å². The highest BCUT2D eigenvalue weighted by Gasteiger charge is 2.31. The lowest BCUT2D eigenvalue weighted by Gasteiger charge is -2.12. The first-order chi connectivity index (χ1) is 11.3. The van der Waals surface area contributed by atoms with Crippen LogP contribution in [0, 0.1) is 6.92 Å². The van der Waals surface area contributed by atoms with Gasteiger partial charge in [-0.15, -0.1) is 0 Å². The number of aromatic nitrogens is 1. The highest BCUT2D eigenvalue weighted by Crippen LogP contribution is 2.32. The van der Waals surface area contributed by atoms with Gasteiger partial charge < -0.3 is 5.32 Å². The molecule has 0 aliphatic carbocycles. The number of carbonyl (C=O) groups excluding carboxylic acids is 1. The Morgan fingerprint density at radius 1 is 1.08 bits per heavy atom. The molecule has 24 heavy (non-hydrogen) atoms. The minimum atomic E-state index is -4.46. The van der Waals surface area contributed by atoms with Crippen molar-refractivity contribution in [2.75, 3.05) is 5.32 Å². The van der Waals surface area contributed by atoms with Crippen molar-refractivity contribution in [3.63, 3.8) is 0 Å². The summed E-state index contributed by atoms with van der Waals surface area (Å²) in [5, 5.41) is 3.42. The fourth-order valence-electron chi connectivity index (χ4n) is 2.34. The van der Waals surface area contributed by atoms with Crippen LogP contribution in [0.15, 0.2) is 54.7 Å². The molecule has 0 radical (unpaired) electrons. The number of nitrogens with one attached hydrogen (secondary N) is 1. The maximum Gasteiger partial charge on any atom is 0.416 e. The van der Waals surface area contributed by atoms with Gasteiger partial charge in [-0.05, 0) is 42.8 Å². The maximum atomic E-state index is 12.8. The Morgan fingerprint density at radius 3 is 2.62 bits per heavy atom. The Hall–Kier alpha value is -2.89. The van der Waals surface area contributed by atoms with Gasteiger partial charge in [0.25, 0.3) is 5.91 Å². The average molecular weight is 330 g/mol. The lowest BCUT2D eigenvalue weighted by Crippen LogP contribution is -2.14. The van der Waals surface area contributed by atoms with E-state index >= 15 is 0 Å². The Morgan fingerprint density at radius 2 is 1.88 bits per heavy atom. The van der Waals surface area contributed by atoms with Crippen LogP contribution >= 0.6 is 0 Å². The Balaban J connectivity index is 1.91. The van der Waals surface area contributed by atoms with Crippen LogP contribution in [0.2, 0.25) is 0 Å². The zero-order valence-corrected chi connectivity index (χ0v) is 12.7. The van der Waals surface area contributed by atoms with Crippen molar-refractivity contribution in [3.05, 3.63) is 71.4 Å². The van der Waals surface area contributed by atoms with Crippen molar-refractivity contribution in [2.45, 2.75) is 13.1 Å². The van der Waals surface area contributed by atoms with Crippen LogP contribution < -0.4 is 5.32 Å². The summed E-state index contributed by atoms with van der Waals surface area (Å²) in [4.78, 5) is 16.5. The van der Waals surface area contributed by atoms with Crippen LogP contribution in [0.4, 0.5) is 18.9 Å². The van der Waals surface area contributed by atoms with E-state index in [1.54, 1.807) is 37.4 Å². The van der Waals surface area contributed by atoms with Gasteiger partial charge in [-0.2, -0.15) is 13.2 Å². The van der Waals surface area contributed by atoms with Gasteiger partial charge in [0, 0.05) is 22.8 Å². The van der Waals surface area contributed by atoms with E-state index in [9.17, 15) is 18.0 Å². The minimum Gasteiger partial charge on any atom is -0.322 e. The summed E-state index contributed by atoms with van der Waals surface area (Å²) in [5.74, 6) is -0.482. The number of nitrogens with zero attached hydrogens (tertiary/aromatic N) is 1. The van der Waals surface area contributed by atoms with Crippen molar-refractivity contribution in [3.8, 4) is 0 Å². The third-order valence-corrected chi connectivity index (χ3v) is 3.68. The van der Waals surface area contributed by atoms with E-state index in [2.05, 4.69) is 10.3 Å². The summed E-state index contributed by atoms with van der Waals surface area (Å²) in [7, 11) is 0. The molecule has 1 amide bonds. The Kier molecular flexibility index (Phi) is 3.97. The number of benzene rings is 2. The number of pyridine rings is 1. The standard InChI is InChI=1S/C18H13F3N2O/c1-11-4-7-14(18(19,20)21)10-15(11)23-17(24)13-6-5-12-3-2-8-22-16(12)9-13/h2-10H,1H3,(H,23,24). The molecule has 0 bridgehead atoms. The molecule has 0 saturated carbocycles. The van der Waals surface area contributed by atoms with E-state index in [1.165, 1.54) is 6.07 Å². The highest BCUT2D eigenvalue weighted by atomic mass is 19.4. The third-order valence-electron chi connectivity index (χ3n) is 3.68. The van der Waals surface area contributed by atoms with E-state index < -0.39 is 17.6 Å². The van der Waals surface area contributed by atoms with Gasteiger partial charge >= 0.3 is 6.18 Å². The SMILES string of the molecule is Cc1ccc(C(F)(F)F)cc1NC(=O)c1ccc2cccnc2c1. The fourth-order valence-corrected chi connectivity index (χ4v) is 2.34. The molecular weight excluding hydrogens is 317 g/mol. The first-order valence-electron chi connectivity index (χ1n) is 7.18. The number of hydrogen-bond acceptors (Lipinski definition) is 2. The van der Waals surface area contributed by atoms with Crippen LogP contribution in [0.3, 0.4) is 0 Å². The largest absolute Gasteiger partial charge is 0.416 e. The molecule has 6 heteroatoms. The summed E-state index contributed by atoms with van der Waals surface area (Å²) < 4.78 is 38.4. The number of aryl methyl sites for hydroxylation is 1. The van der Waals surface area contributed by atoms with Gasteiger partial charge in [0.15, 0.2) is 0 Å². The maximum absolute atomic E-state index is 12.8. The minimum absolute atomic E-state index is 0.135. The predicted octanol–water partition coefficient (Wildman–Crippen LogP) is 4.81. The first kappa shape index (κ1) is 16.0. The lowest BCUT2D eigenvalue weighted by molar-refractivity contribution is -0.137. The number of anilines is 1. The monoisotopic (exact) mass is 330 g/mol. The lowest BCUT2D eigenvalue weighted by atomic mass is 10.1. The van der Waals surface area contributed by atoms with Crippen molar-refractivity contribution in [1.29, 1.82) is 0 Å². The number of rotatable bonds is 2. The van der Waals surface area contributed by atoms with Crippen LogP contribution in [-0.4, -0.2) is 10.9 Å². The molecule has 0 unspecified atom stereocenters. The quantitative estimate of drug-likeness (QED) is 0.732. The van der Waals surface area contributed by atoms with Crippen molar-refractivity contribution in [2.24, 2.45) is 0 Å². The molecule has 3 nitrogen and oxygen atoms in total. The van der Waals surface area contributed by atoms with Gasteiger partial charge in [-0.1, -0.05) is 18.2 Å². The summed E-state index contributed by atoms with van der Waals surface area (Å²) in [6.45, 7) is 1.64. The first-order valence-corrected chi connectivity index (χ1v) is 7.18. The molecule has 0 saturated heterocycles. The Labute approximate surface area is 136 Å². The number of hydrogen-bond donors (Lipinski definition) is 1. The van der Waals surface area contributed by atoms with E-state index in [4.69, 9.17) is 0 Å². The molecule has 122 valence electrons. The highest BCUT2D eigenvalue weighted by molar-refractivity contribution is 6.06. The second-order valence-corrected chi connectivity index (χ2v) is 5.39.